The van der Waals surface area contributed by atoms with E-state index < -0.39 is 0 Å². The van der Waals surface area contributed by atoms with Gasteiger partial charge in [-0.2, -0.15) is 5.10 Å². The summed E-state index contributed by atoms with van der Waals surface area (Å²) in [5, 5.41) is 13.5. The summed E-state index contributed by atoms with van der Waals surface area (Å²) in [7, 11) is 1.91. The van der Waals surface area contributed by atoms with E-state index in [1.165, 1.54) is 0 Å². The van der Waals surface area contributed by atoms with Crippen LogP contribution in [0.25, 0.3) is 16.6 Å². The van der Waals surface area contributed by atoms with Gasteiger partial charge < -0.3 is 10.2 Å². The van der Waals surface area contributed by atoms with E-state index in [0.29, 0.717) is 13.0 Å². The topological polar surface area (TPSA) is 80.4 Å². The standard InChI is InChI=1S/C20H21N7O/c1-25-17-5-3-2-4-15(17)16(23-25)12-20(28)26-10-8-14(13-26)22-18-6-7-19-21-9-11-27(19)24-18/h2-7,9,11,14H,8,10,12-13H2,1H3,(H,22,24). The lowest BCUT2D eigenvalue weighted by molar-refractivity contribution is -0.129. The van der Waals surface area contributed by atoms with Crippen molar-refractivity contribution in [3.05, 3.63) is 54.5 Å². The monoisotopic (exact) mass is 375 g/mol. The van der Waals surface area contributed by atoms with Crippen LogP contribution in [0.3, 0.4) is 0 Å². The maximum Gasteiger partial charge on any atom is 0.228 e. The number of hydrogen-bond donors (Lipinski definition) is 1. The molecular weight excluding hydrogens is 354 g/mol. The fraction of sp³-hybridized carbons (Fsp3) is 0.300. The molecule has 4 heterocycles. The van der Waals surface area contributed by atoms with Gasteiger partial charge in [0, 0.05) is 44.0 Å². The molecule has 1 amide bonds. The Kier molecular flexibility index (Phi) is 3.96. The summed E-state index contributed by atoms with van der Waals surface area (Å²) in [6.45, 7) is 1.42. The van der Waals surface area contributed by atoms with Crippen molar-refractivity contribution in [3.63, 3.8) is 0 Å². The van der Waals surface area contributed by atoms with Crippen LogP contribution in [0.4, 0.5) is 5.82 Å². The Morgan fingerprint density at radius 2 is 2.11 bits per heavy atom. The fourth-order valence-electron chi connectivity index (χ4n) is 3.88. The Morgan fingerprint density at radius 3 is 3.04 bits per heavy atom. The molecule has 1 saturated heterocycles. The van der Waals surface area contributed by atoms with Crippen LogP contribution in [-0.4, -0.2) is 54.3 Å². The molecule has 1 aromatic carbocycles. The Bertz CT molecular complexity index is 1160. The maximum absolute atomic E-state index is 12.8. The number of amides is 1. The van der Waals surface area contributed by atoms with Gasteiger partial charge in [0.25, 0.3) is 0 Å². The number of fused-ring (bicyclic) bond motifs is 2. The zero-order valence-electron chi connectivity index (χ0n) is 15.6. The van der Waals surface area contributed by atoms with Gasteiger partial charge in [-0.15, -0.1) is 5.10 Å². The first-order chi connectivity index (χ1) is 13.7. The van der Waals surface area contributed by atoms with Gasteiger partial charge in [-0.1, -0.05) is 18.2 Å². The highest BCUT2D eigenvalue weighted by Crippen LogP contribution is 2.20. The quantitative estimate of drug-likeness (QED) is 0.589. The second-order valence-corrected chi connectivity index (χ2v) is 7.18. The third kappa shape index (κ3) is 2.96. The minimum absolute atomic E-state index is 0.117. The van der Waals surface area contributed by atoms with E-state index in [9.17, 15) is 4.79 Å². The van der Waals surface area contributed by atoms with Gasteiger partial charge >= 0.3 is 0 Å². The van der Waals surface area contributed by atoms with Crippen LogP contribution in [0.15, 0.2) is 48.8 Å². The summed E-state index contributed by atoms with van der Waals surface area (Å²) < 4.78 is 3.58. The number of imidazole rings is 1. The first-order valence-corrected chi connectivity index (χ1v) is 9.43. The van der Waals surface area contributed by atoms with Crippen LogP contribution in [0, 0.1) is 0 Å². The summed E-state index contributed by atoms with van der Waals surface area (Å²) in [6.07, 6.45) is 4.78. The second kappa shape index (κ2) is 6.63. The molecule has 1 aliphatic heterocycles. The van der Waals surface area contributed by atoms with Gasteiger partial charge in [0.05, 0.1) is 17.6 Å². The van der Waals surface area contributed by atoms with Crippen molar-refractivity contribution < 1.29 is 4.79 Å². The summed E-state index contributed by atoms with van der Waals surface area (Å²) >= 11 is 0. The van der Waals surface area contributed by atoms with Gasteiger partial charge in [-0.25, -0.2) is 9.50 Å². The third-order valence-electron chi connectivity index (χ3n) is 5.30. The molecule has 142 valence electrons. The number of carbonyl (C=O) groups is 1. The minimum atomic E-state index is 0.117. The van der Waals surface area contributed by atoms with Crippen molar-refractivity contribution in [1.29, 1.82) is 0 Å². The normalized spacial score (nSPS) is 16.9. The number of benzene rings is 1. The molecule has 1 N–H and O–H groups in total. The van der Waals surface area contributed by atoms with Crippen molar-refractivity contribution in [2.45, 2.75) is 18.9 Å². The molecule has 28 heavy (non-hydrogen) atoms. The number of rotatable bonds is 4. The number of likely N-dealkylation sites (tertiary alicyclic amines) is 1. The first kappa shape index (κ1) is 16.7. The van der Waals surface area contributed by atoms with Crippen molar-refractivity contribution >= 4 is 28.3 Å². The number of hydrogen-bond acceptors (Lipinski definition) is 5. The van der Waals surface area contributed by atoms with Crippen LogP contribution in [0.5, 0.6) is 0 Å². The number of carbonyl (C=O) groups excluding carboxylic acids is 1. The van der Waals surface area contributed by atoms with Crippen molar-refractivity contribution in [2.75, 3.05) is 18.4 Å². The molecule has 1 fully saturated rings. The molecule has 0 bridgehead atoms. The molecule has 1 aliphatic rings. The van der Waals surface area contributed by atoms with E-state index in [-0.39, 0.29) is 11.9 Å². The lowest BCUT2D eigenvalue weighted by Gasteiger charge is -2.17. The van der Waals surface area contributed by atoms with Crippen molar-refractivity contribution in [3.8, 4) is 0 Å². The van der Waals surface area contributed by atoms with Crippen LogP contribution < -0.4 is 5.32 Å². The number of nitrogens with one attached hydrogen (secondary N) is 1. The van der Waals surface area contributed by atoms with Crippen molar-refractivity contribution in [2.24, 2.45) is 7.05 Å². The fourth-order valence-corrected chi connectivity index (χ4v) is 3.88. The van der Waals surface area contributed by atoms with Gasteiger partial charge in [0.2, 0.25) is 5.91 Å². The minimum Gasteiger partial charge on any atom is -0.364 e. The van der Waals surface area contributed by atoms with Crippen molar-refractivity contribution in [1.82, 2.24) is 29.3 Å². The van der Waals surface area contributed by atoms with E-state index in [1.54, 1.807) is 10.7 Å². The molecular formula is C20H21N7O. The zero-order valence-corrected chi connectivity index (χ0v) is 15.6. The Hall–Kier alpha value is -3.42. The average Bonchev–Trinajstić information content (AvgIpc) is 3.42. The number of aromatic nitrogens is 5. The van der Waals surface area contributed by atoms with Gasteiger partial charge in [-0.3, -0.25) is 9.48 Å². The molecule has 1 unspecified atom stereocenters. The molecule has 8 heteroatoms. The highest BCUT2D eigenvalue weighted by Gasteiger charge is 2.27. The third-order valence-corrected chi connectivity index (χ3v) is 5.30. The molecule has 0 radical (unpaired) electrons. The van der Waals surface area contributed by atoms with Gasteiger partial charge in [-0.05, 0) is 24.6 Å². The smallest absolute Gasteiger partial charge is 0.228 e. The maximum atomic E-state index is 12.8. The average molecular weight is 375 g/mol. The van der Waals surface area contributed by atoms with E-state index in [0.717, 1.165) is 41.0 Å². The number of aryl methyl sites for hydroxylation is 1. The van der Waals surface area contributed by atoms with E-state index in [2.05, 4.69) is 20.5 Å². The molecule has 0 saturated carbocycles. The highest BCUT2D eigenvalue weighted by atomic mass is 16.2. The number of para-hydroxylation sites is 1. The molecule has 1 atom stereocenters. The van der Waals surface area contributed by atoms with Gasteiger partial charge in [0.15, 0.2) is 5.65 Å². The van der Waals surface area contributed by atoms with Gasteiger partial charge in [0.1, 0.15) is 5.82 Å². The van der Waals surface area contributed by atoms with Crippen LogP contribution in [0.1, 0.15) is 12.1 Å². The Labute approximate surface area is 161 Å². The molecule has 4 aromatic rings. The molecule has 8 nitrogen and oxygen atoms in total. The summed E-state index contributed by atoms with van der Waals surface area (Å²) in [6, 6.07) is 12.1. The Morgan fingerprint density at radius 1 is 1.21 bits per heavy atom. The van der Waals surface area contributed by atoms with Crippen LogP contribution in [-0.2, 0) is 18.3 Å². The van der Waals surface area contributed by atoms with Crippen LogP contribution in [0.2, 0.25) is 0 Å². The Balaban J connectivity index is 1.25. The molecule has 0 aliphatic carbocycles. The lowest BCUT2D eigenvalue weighted by atomic mass is 10.1. The summed E-state index contributed by atoms with van der Waals surface area (Å²) in [5.41, 5.74) is 2.70. The second-order valence-electron chi connectivity index (χ2n) is 7.18. The lowest BCUT2D eigenvalue weighted by Crippen LogP contribution is -2.33. The zero-order chi connectivity index (χ0) is 19.1. The SMILES string of the molecule is Cn1nc(CC(=O)N2CCC(Nc3ccc4nccn4n3)C2)c2ccccc21. The van der Waals surface area contributed by atoms with E-state index >= 15 is 0 Å². The summed E-state index contributed by atoms with van der Waals surface area (Å²) in [4.78, 5) is 18.9. The largest absolute Gasteiger partial charge is 0.364 e. The predicted octanol–water partition coefficient (Wildman–Crippen LogP) is 1.87. The number of nitrogens with zero attached hydrogens (tertiary/aromatic N) is 6. The first-order valence-electron chi connectivity index (χ1n) is 9.43. The van der Waals surface area contributed by atoms with Crippen LogP contribution >= 0.6 is 0 Å². The molecule has 5 rings (SSSR count). The highest BCUT2D eigenvalue weighted by molar-refractivity contribution is 5.87. The van der Waals surface area contributed by atoms with E-state index in [4.69, 9.17) is 0 Å². The predicted molar refractivity (Wildman–Crippen MR) is 106 cm³/mol. The molecule has 0 spiro atoms. The summed E-state index contributed by atoms with van der Waals surface area (Å²) in [5.74, 6) is 0.909. The molecule has 3 aromatic heterocycles. The van der Waals surface area contributed by atoms with E-state index in [1.807, 2.05) is 59.2 Å². The number of anilines is 1.